The lowest BCUT2D eigenvalue weighted by Gasteiger charge is -2.21. The van der Waals surface area contributed by atoms with Gasteiger partial charge in [0.1, 0.15) is 0 Å². The van der Waals surface area contributed by atoms with Crippen molar-refractivity contribution in [3.05, 3.63) is 23.8 Å². The van der Waals surface area contributed by atoms with E-state index in [-0.39, 0.29) is 11.9 Å². The highest BCUT2D eigenvalue weighted by molar-refractivity contribution is 6.01. The summed E-state index contributed by atoms with van der Waals surface area (Å²) in [5.74, 6) is 0.173. The maximum absolute atomic E-state index is 11.7. The average Bonchev–Trinajstić information content (AvgIpc) is 2.64. The van der Waals surface area contributed by atoms with Crippen LogP contribution in [0.5, 0.6) is 0 Å². The highest BCUT2D eigenvalue weighted by Crippen LogP contribution is 2.31. The highest BCUT2D eigenvalue weighted by atomic mass is 16.2. The SMILES string of the molecule is CC(N)CCCN(C)c1ccc2c(c1)CC(=O)N2C. The van der Waals surface area contributed by atoms with Crippen LogP contribution >= 0.6 is 0 Å². The molecule has 1 aliphatic heterocycles. The molecule has 0 aliphatic carbocycles. The zero-order valence-electron chi connectivity index (χ0n) is 12.0. The molecule has 1 heterocycles. The van der Waals surface area contributed by atoms with Gasteiger partial charge in [-0.1, -0.05) is 0 Å². The predicted octanol–water partition coefficient (Wildman–Crippen LogP) is 1.77. The standard InChI is InChI=1S/C15H23N3O/c1-11(16)5-4-8-17(2)13-6-7-14-12(9-13)10-15(19)18(14)3/h6-7,9,11H,4-5,8,10,16H2,1-3H3. The van der Waals surface area contributed by atoms with Crippen LogP contribution < -0.4 is 15.5 Å². The van der Waals surface area contributed by atoms with Gasteiger partial charge in [-0.2, -0.15) is 0 Å². The molecule has 104 valence electrons. The number of hydrogen-bond donors (Lipinski definition) is 1. The summed E-state index contributed by atoms with van der Waals surface area (Å²) < 4.78 is 0. The van der Waals surface area contributed by atoms with Gasteiger partial charge >= 0.3 is 0 Å². The Morgan fingerprint density at radius 3 is 2.89 bits per heavy atom. The van der Waals surface area contributed by atoms with E-state index in [1.807, 2.05) is 20.0 Å². The number of likely N-dealkylation sites (N-methyl/N-ethyl adjacent to an activating group) is 1. The van der Waals surface area contributed by atoms with E-state index in [1.54, 1.807) is 4.90 Å². The summed E-state index contributed by atoms with van der Waals surface area (Å²) in [5.41, 5.74) is 9.10. The second-order valence-electron chi connectivity index (χ2n) is 5.48. The lowest BCUT2D eigenvalue weighted by atomic mass is 10.1. The molecule has 0 bridgehead atoms. The Kier molecular flexibility index (Phi) is 4.10. The first-order chi connectivity index (χ1) is 8.99. The second-order valence-corrected chi connectivity index (χ2v) is 5.48. The van der Waals surface area contributed by atoms with Gasteiger partial charge in [-0.15, -0.1) is 0 Å². The van der Waals surface area contributed by atoms with E-state index in [0.29, 0.717) is 6.42 Å². The molecule has 1 amide bonds. The van der Waals surface area contributed by atoms with E-state index in [9.17, 15) is 4.79 Å². The fraction of sp³-hybridized carbons (Fsp3) is 0.533. The molecule has 0 saturated carbocycles. The van der Waals surface area contributed by atoms with Gasteiger partial charge in [0.05, 0.1) is 6.42 Å². The largest absolute Gasteiger partial charge is 0.375 e. The topological polar surface area (TPSA) is 49.6 Å². The summed E-state index contributed by atoms with van der Waals surface area (Å²) in [5, 5.41) is 0. The van der Waals surface area contributed by atoms with E-state index < -0.39 is 0 Å². The minimum atomic E-state index is 0.173. The van der Waals surface area contributed by atoms with E-state index in [0.717, 1.165) is 30.6 Å². The maximum Gasteiger partial charge on any atom is 0.231 e. The first kappa shape index (κ1) is 13.9. The van der Waals surface area contributed by atoms with Crippen LogP contribution in [0.25, 0.3) is 0 Å². The minimum absolute atomic E-state index is 0.173. The van der Waals surface area contributed by atoms with Gasteiger partial charge in [-0.25, -0.2) is 0 Å². The smallest absolute Gasteiger partial charge is 0.231 e. The van der Waals surface area contributed by atoms with E-state index >= 15 is 0 Å². The molecule has 19 heavy (non-hydrogen) atoms. The third kappa shape index (κ3) is 3.07. The molecule has 1 aromatic carbocycles. The van der Waals surface area contributed by atoms with Crippen LogP contribution in [0, 0.1) is 0 Å². The van der Waals surface area contributed by atoms with Gasteiger partial charge in [0.2, 0.25) is 5.91 Å². The van der Waals surface area contributed by atoms with Crippen molar-refractivity contribution < 1.29 is 4.79 Å². The molecule has 0 fully saturated rings. The van der Waals surface area contributed by atoms with Gasteiger partial charge in [-0.3, -0.25) is 4.79 Å². The lowest BCUT2D eigenvalue weighted by Crippen LogP contribution is -2.22. The third-order valence-corrected chi connectivity index (χ3v) is 3.73. The molecule has 1 unspecified atom stereocenters. The quantitative estimate of drug-likeness (QED) is 0.879. The minimum Gasteiger partial charge on any atom is -0.375 e. The number of anilines is 2. The number of carbonyl (C=O) groups excluding carboxylic acids is 1. The molecule has 0 aromatic heterocycles. The van der Waals surface area contributed by atoms with Crippen molar-refractivity contribution in [2.75, 3.05) is 30.4 Å². The van der Waals surface area contributed by atoms with Crippen molar-refractivity contribution in [2.24, 2.45) is 5.73 Å². The van der Waals surface area contributed by atoms with Gasteiger partial charge in [0.25, 0.3) is 0 Å². The fourth-order valence-electron chi connectivity index (χ4n) is 2.47. The molecule has 1 aromatic rings. The van der Waals surface area contributed by atoms with Crippen molar-refractivity contribution in [1.29, 1.82) is 0 Å². The van der Waals surface area contributed by atoms with Crippen molar-refractivity contribution in [3.8, 4) is 0 Å². The number of nitrogens with zero attached hydrogens (tertiary/aromatic N) is 2. The molecule has 1 aliphatic rings. The van der Waals surface area contributed by atoms with Crippen molar-refractivity contribution in [2.45, 2.75) is 32.2 Å². The van der Waals surface area contributed by atoms with E-state index in [4.69, 9.17) is 5.73 Å². The van der Waals surface area contributed by atoms with Gasteiger partial charge in [0.15, 0.2) is 0 Å². The number of amides is 1. The number of rotatable bonds is 5. The van der Waals surface area contributed by atoms with Crippen LogP contribution in [0.2, 0.25) is 0 Å². The van der Waals surface area contributed by atoms with Crippen molar-refractivity contribution >= 4 is 17.3 Å². The molecule has 2 rings (SSSR count). The monoisotopic (exact) mass is 261 g/mol. The van der Waals surface area contributed by atoms with Crippen LogP contribution in [0.4, 0.5) is 11.4 Å². The number of benzene rings is 1. The summed E-state index contributed by atoms with van der Waals surface area (Å²) in [6.07, 6.45) is 2.65. The highest BCUT2D eigenvalue weighted by Gasteiger charge is 2.24. The number of hydrogen-bond acceptors (Lipinski definition) is 3. The molecule has 1 atom stereocenters. The molecule has 4 nitrogen and oxygen atoms in total. The number of fused-ring (bicyclic) bond motifs is 1. The molecule has 0 spiro atoms. The van der Waals surface area contributed by atoms with Crippen LogP contribution in [0.3, 0.4) is 0 Å². The summed E-state index contributed by atoms with van der Waals surface area (Å²) in [6.45, 7) is 3.03. The summed E-state index contributed by atoms with van der Waals surface area (Å²) in [7, 11) is 3.92. The van der Waals surface area contributed by atoms with Gasteiger partial charge < -0.3 is 15.5 Å². The van der Waals surface area contributed by atoms with Crippen LogP contribution in [-0.2, 0) is 11.2 Å². The Morgan fingerprint density at radius 2 is 2.21 bits per heavy atom. The molecular weight excluding hydrogens is 238 g/mol. The van der Waals surface area contributed by atoms with E-state index in [2.05, 4.69) is 24.1 Å². The van der Waals surface area contributed by atoms with Gasteiger partial charge in [0, 0.05) is 38.1 Å². The average molecular weight is 261 g/mol. The Balaban J connectivity index is 2.02. The normalized spacial score (nSPS) is 15.6. The summed E-state index contributed by atoms with van der Waals surface area (Å²) in [4.78, 5) is 15.6. The van der Waals surface area contributed by atoms with Gasteiger partial charge in [-0.05, 0) is 43.5 Å². The summed E-state index contributed by atoms with van der Waals surface area (Å²) in [6, 6.07) is 6.51. The predicted molar refractivity (Wildman–Crippen MR) is 79.7 cm³/mol. The molecule has 2 N–H and O–H groups in total. The number of carbonyl (C=O) groups is 1. The zero-order valence-corrected chi connectivity index (χ0v) is 12.0. The zero-order chi connectivity index (χ0) is 14.0. The number of nitrogens with two attached hydrogens (primary N) is 1. The summed E-state index contributed by atoms with van der Waals surface area (Å²) >= 11 is 0. The van der Waals surface area contributed by atoms with Crippen molar-refractivity contribution in [3.63, 3.8) is 0 Å². The van der Waals surface area contributed by atoms with Crippen LogP contribution in [0.1, 0.15) is 25.3 Å². The molecule has 4 heteroatoms. The third-order valence-electron chi connectivity index (χ3n) is 3.73. The molecule has 0 saturated heterocycles. The Morgan fingerprint density at radius 1 is 1.47 bits per heavy atom. The van der Waals surface area contributed by atoms with Crippen molar-refractivity contribution in [1.82, 2.24) is 0 Å². The Labute approximate surface area is 115 Å². The Bertz CT molecular complexity index is 470. The first-order valence-electron chi connectivity index (χ1n) is 6.85. The fourth-order valence-corrected chi connectivity index (χ4v) is 2.47. The van der Waals surface area contributed by atoms with E-state index in [1.165, 1.54) is 5.69 Å². The maximum atomic E-state index is 11.7. The molecule has 0 radical (unpaired) electrons. The second kappa shape index (κ2) is 5.61. The first-order valence-corrected chi connectivity index (χ1v) is 6.85. The Hall–Kier alpha value is -1.55. The van der Waals surface area contributed by atoms with Crippen LogP contribution in [0.15, 0.2) is 18.2 Å². The lowest BCUT2D eigenvalue weighted by molar-refractivity contribution is -0.117. The molecular formula is C15H23N3O. The van der Waals surface area contributed by atoms with Crippen LogP contribution in [-0.4, -0.2) is 32.6 Å².